The Hall–Kier alpha value is -4.21. The second-order valence-corrected chi connectivity index (χ2v) is 8.88. The number of hydrogen-bond acceptors (Lipinski definition) is 5. The highest BCUT2D eigenvalue weighted by Crippen LogP contribution is 2.40. The fourth-order valence-electron chi connectivity index (χ4n) is 4.94. The number of carboxylic acid groups (broad SMARTS) is 1. The zero-order valence-electron chi connectivity index (χ0n) is 19.8. The van der Waals surface area contributed by atoms with Crippen molar-refractivity contribution in [3.8, 4) is 16.9 Å². The van der Waals surface area contributed by atoms with Crippen LogP contribution in [0.15, 0.2) is 49.1 Å². The van der Waals surface area contributed by atoms with Gasteiger partial charge < -0.3 is 19.7 Å². The molecule has 1 aliphatic rings. The number of nitrogens with zero attached hydrogens (tertiary/aromatic N) is 4. The molecule has 4 heterocycles. The van der Waals surface area contributed by atoms with Gasteiger partial charge in [-0.1, -0.05) is 0 Å². The monoisotopic (exact) mass is 491 g/mol. The second-order valence-electron chi connectivity index (χ2n) is 8.88. The Kier molecular flexibility index (Phi) is 6.41. The third-order valence-electron chi connectivity index (χ3n) is 6.73. The van der Waals surface area contributed by atoms with E-state index in [-0.39, 0.29) is 23.0 Å². The Labute approximate surface area is 206 Å². The summed E-state index contributed by atoms with van der Waals surface area (Å²) in [7, 11) is 1.54. The van der Waals surface area contributed by atoms with E-state index in [1.807, 2.05) is 12.3 Å². The molecule has 9 nitrogen and oxygen atoms in total. The summed E-state index contributed by atoms with van der Waals surface area (Å²) in [6.07, 6.45) is 8.46. The zero-order valence-corrected chi connectivity index (χ0v) is 19.8. The molecule has 0 bridgehead atoms. The Bertz CT molecular complexity index is 1420. The van der Waals surface area contributed by atoms with Crippen molar-refractivity contribution in [2.24, 2.45) is 0 Å². The number of carbonyl (C=O) groups is 2. The third kappa shape index (κ3) is 4.41. The predicted molar refractivity (Wildman–Crippen MR) is 130 cm³/mol. The number of pyridine rings is 1. The molecular weight excluding hydrogens is 465 g/mol. The average Bonchev–Trinajstić information content (AvgIpc) is 3.58. The lowest BCUT2D eigenvalue weighted by molar-refractivity contribution is -0.132. The summed E-state index contributed by atoms with van der Waals surface area (Å²) in [5, 5.41) is 14.1. The molecule has 1 amide bonds. The van der Waals surface area contributed by atoms with Crippen LogP contribution in [0.25, 0.3) is 22.0 Å². The summed E-state index contributed by atoms with van der Waals surface area (Å²) in [5.41, 5.74) is 1.70. The van der Waals surface area contributed by atoms with Gasteiger partial charge >= 0.3 is 5.97 Å². The molecule has 0 spiro atoms. The first-order valence-corrected chi connectivity index (χ1v) is 11.8. The van der Waals surface area contributed by atoms with Gasteiger partial charge in [0.2, 0.25) is 5.91 Å². The number of amides is 1. The third-order valence-corrected chi connectivity index (χ3v) is 6.73. The van der Waals surface area contributed by atoms with E-state index in [0.717, 1.165) is 6.42 Å². The molecule has 1 atom stereocenters. The quantitative estimate of drug-likeness (QED) is 0.403. The van der Waals surface area contributed by atoms with Crippen molar-refractivity contribution in [2.75, 3.05) is 20.2 Å². The number of piperidine rings is 1. The number of nitrogens with one attached hydrogen (secondary N) is 1. The minimum absolute atomic E-state index is 0.00104. The van der Waals surface area contributed by atoms with Crippen LogP contribution < -0.4 is 4.74 Å². The first kappa shape index (κ1) is 23.5. The molecule has 36 heavy (non-hydrogen) atoms. The van der Waals surface area contributed by atoms with Crippen molar-refractivity contribution in [3.05, 3.63) is 66.1 Å². The van der Waals surface area contributed by atoms with Crippen LogP contribution in [-0.4, -0.2) is 61.8 Å². The molecule has 0 unspecified atom stereocenters. The van der Waals surface area contributed by atoms with E-state index < -0.39 is 11.8 Å². The number of carbonyl (C=O) groups excluding carboxylic acids is 1. The van der Waals surface area contributed by atoms with Gasteiger partial charge in [-0.15, -0.1) is 0 Å². The van der Waals surface area contributed by atoms with Gasteiger partial charge in [-0.05, 0) is 48.2 Å². The number of carboxylic acids is 1. The number of ether oxygens (including phenoxy) is 1. The number of aromatic amines is 1. The van der Waals surface area contributed by atoms with Crippen LogP contribution in [0.2, 0.25) is 0 Å². The summed E-state index contributed by atoms with van der Waals surface area (Å²) >= 11 is 0. The van der Waals surface area contributed by atoms with E-state index in [1.54, 1.807) is 40.3 Å². The number of rotatable bonds is 7. The lowest BCUT2D eigenvalue weighted by atomic mass is 9.87. The zero-order chi connectivity index (χ0) is 25.2. The molecule has 1 saturated heterocycles. The molecule has 2 N–H and O–H groups in total. The van der Waals surface area contributed by atoms with E-state index in [1.165, 1.54) is 13.2 Å². The number of aryl methyl sites for hydroxylation is 1. The van der Waals surface area contributed by atoms with Crippen LogP contribution in [0.3, 0.4) is 0 Å². The molecular formula is C26H26FN5O4. The van der Waals surface area contributed by atoms with Gasteiger partial charge in [0.05, 0.1) is 12.6 Å². The smallest absolute Gasteiger partial charge is 0.352 e. The van der Waals surface area contributed by atoms with Crippen LogP contribution in [-0.2, 0) is 11.3 Å². The van der Waals surface area contributed by atoms with E-state index in [2.05, 4.69) is 15.1 Å². The van der Waals surface area contributed by atoms with Crippen molar-refractivity contribution in [2.45, 2.75) is 31.7 Å². The van der Waals surface area contributed by atoms with Crippen molar-refractivity contribution >= 4 is 22.8 Å². The standard InChI is InChI=1S/C26H26FN5O4/c1-36-22-5-8-28-14-20(22)18-12-17(24(27)25-19(18)13-21(30-25)26(34)35)16-4-2-9-31(15-16)23(33)6-11-32-10-3-7-29-32/h3,5,7-8,10,12-14,16,30H,2,4,6,9,11,15H2,1H3,(H,34,35)/t16-/m0/s1. The van der Waals surface area contributed by atoms with Crippen LogP contribution in [0, 0.1) is 5.82 Å². The summed E-state index contributed by atoms with van der Waals surface area (Å²) in [6, 6.07) is 6.69. The number of aromatic nitrogens is 4. The molecule has 1 aromatic carbocycles. The fraction of sp³-hybridized carbons (Fsp3) is 0.308. The maximum atomic E-state index is 15.9. The van der Waals surface area contributed by atoms with Crippen molar-refractivity contribution < 1.29 is 23.8 Å². The van der Waals surface area contributed by atoms with Gasteiger partial charge in [-0.3, -0.25) is 14.5 Å². The number of H-pyrrole nitrogens is 1. The highest BCUT2D eigenvalue weighted by atomic mass is 19.1. The minimum atomic E-state index is -1.18. The molecule has 1 aliphatic heterocycles. The Balaban J connectivity index is 1.52. The van der Waals surface area contributed by atoms with Gasteiger partial charge in [-0.25, -0.2) is 9.18 Å². The number of benzene rings is 1. The molecule has 4 aromatic rings. The van der Waals surface area contributed by atoms with Gasteiger partial charge in [0.25, 0.3) is 0 Å². The molecule has 10 heteroatoms. The molecule has 5 rings (SSSR count). The number of halogens is 1. The van der Waals surface area contributed by atoms with E-state index in [4.69, 9.17) is 4.74 Å². The SMILES string of the molecule is COc1ccncc1-c1cc([C@H]2CCCN(C(=O)CCn3cccn3)C2)c(F)c2[nH]c(C(=O)O)cc12. The minimum Gasteiger partial charge on any atom is -0.496 e. The number of fused-ring (bicyclic) bond motifs is 1. The number of hydrogen-bond donors (Lipinski definition) is 2. The molecule has 0 aliphatic carbocycles. The number of likely N-dealkylation sites (tertiary alicyclic amines) is 1. The molecule has 186 valence electrons. The highest BCUT2D eigenvalue weighted by Gasteiger charge is 2.29. The first-order valence-electron chi connectivity index (χ1n) is 11.8. The van der Waals surface area contributed by atoms with Crippen LogP contribution in [0.4, 0.5) is 4.39 Å². The van der Waals surface area contributed by atoms with Gasteiger partial charge in [0.1, 0.15) is 11.4 Å². The fourth-order valence-corrected chi connectivity index (χ4v) is 4.94. The summed E-state index contributed by atoms with van der Waals surface area (Å²) in [4.78, 5) is 33.3. The number of methoxy groups -OCH3 is 1. The Morgan fingerprint density at radius 1 is 1.28 bits per heavy atom. The Morgan fingerprint density at radius 2 is 2.14 bits per heavy atom. The molecule has 3 aromatic heterocycles. The molecule has 0 radical (unpaired) electrons. The van der Waals surface area contributed by atoms with Crippen LogP contribution >= 0.6 is 0 Å². The summed E-state index contributed by atoms with van der Waals surface area (Å²) in [6.45, 7) is 1.49. The van der Waals surface area contributed by atoms with Gasteiger partial charge in [0.15, 0.2) is 5.82 Å². The van der Waals surface area contributed by atoms with Crippen molar-refractivity contribution in [1.82, 2.24) is 24.6 Å². The summed E-state index contributed by atoms with van der Waals surface area (Å²) < 4.78 is 23.1. The van der Waals surface area contributed by atoms with Crippen molar-refractivity contribution in [1.29, 1.82) is 0 Å². The normalized spacial score (nSPS) is 15.8. The van der Waals surface area contributed by atoms with Gasteiger partial charge in [-0.2, -0.15) is 5.10 Å². The highest BCUT2D eigenvalue weighted by molar-refractivity contribution is 6.02. The molecule has 0 saturated carbocycles. The van der Waals surface area contributed by atoms with E-state index >= 15 is 4.39 Å². The van der Waals surface area contributed by atoms with Gasteiger partial charge in [0, 0.05) is 67.7 Å². The van der Waals surface area contributed by atoms with Crippen molar-refractivity contribution in [3.63, 3.8) is 0 Å². The van der Waals surface area contributed by atoms with Crippen LogP contribution in [0.1, 0.15) is 41.2 Å². The lowest BCUT2D eigenvalue weighted by Crippen LogP contribution is -2.39. The predicted octanol–water partition coefficient (Wildman–Crippen LogP) is 4.07. The Morgan fingerprint density at radius 3 is 2.89 bits per heavy atom. The first-order chi connectivity index (χ1) is 17.5. The van der Waals surface area contributed by atoms with Crippen LogP contribution in [0.5, 0.6) is 5.75 Å². The topological polar surface area (TPSA) is 113 Å². The summed E-state index contributed by atoms with van der Waals surface area (Å²) in [5.74, 6) is -1.38. The molecule has 1 fully saturated rings. The number of aromatic carboxylic acids is 1. The maximum absolute atomic E-state index is 15.9. The average molecular weight is 492 g/mol. The van der Waals surface area contributed by atoms with E-state index in [0.29, 0.717) is 60.3 Å². The maximum Gasteiger partial charge on any atom is 0.352 e. The largest absolute Gasteiger partial charge is 0.496 e. The lowest BCUT2D eigenvalue weighted by Gasteiger charge is -2.33. The van der Waals surface area contributed by atoms with E-state index in [9.17, 15) is 14.7 Å². The second kappa shape index (κ2) is 9.80.